The average Bonchev–Trinajstić information content (AvgIpc) is 2.86. The van der Waals surface area contributed by atoms with Crippen molar-refractivity contribution in [3.63, 3.8) is 0 Å². The van der Waals surface area contributed by atoms with Crippen LogP contribution in [0.5, 0.6) is 0 Å². The van der Waals surface area contributed by atoms with Crippen LogP contribution in [0.4, 0.5) is 5.69 Å². The number of hydrogen-bond acceptors (Lipinski definition) is 3. The Morgan fingerprint density at radius 3 is 2.56 bits per heavy atom. The summed E-state index contributed by atoms with van der Waals surface area (Å²) in [5.74, 6) is 0.542. The quantitative estimate of drug-likeness (QED) is 0.825. The maximum atomic E-state index is 11.9. The number of nitrogens with zero attached hydrogens (tertiary/aromatic N) is 1. The molecule has 2 aromatic rings. The molecule has 0 aliphatic rings. The molecular weight excluding hydrogens is 274 g/mol. The zero-order valence-corrected chi connectivity index (χ0v) is 11.0. The fourth-order valence-corrected chi connectivity index (χ4v) is 2.63. The smallest absolute Gasteiger partial charge is 0.265 e. The fourth-order valence-electron chi connectivity index (χ4n) is 1.45. The highest BCUT2D eigenvalue weighted by Gasteiger charge is 2.14. The lowest BCUT2D eigenvalue weighted by atomic mass is 10.2. The second kappa shape index (κ2) is 5.41. The van der Waals surface area contributed by atoms with Crippen molar-refractivity contribution in [1.82, 2.24) is 10.2 Å². The number of aromatic nitrogens is 2. The van der Waals surface area contributed by atoms with E-state index in [0.717, 1.165) is 12.0 Å². The molecule has 0 spiro atoms. The first-order valence-electron chi connectivity index (χ1n) is 5.28. The number of rotatable bonds is 5. The van der Waals surface area contributed by atoms with Crippen LogP contribution in [0.2, 0.25) is 0 Å². The molecule has 0 unspecified atom stereocenters. The number of benzene rings is 1. The number of H-pyrrole nitrogens is 1. The standard InChI is InChI=1S/C11H12ClN3O2S/c12-6-5-9-1-3-10(4-2-9)15-18(16,17)11-7-13-14-8-11/h1-4,7-8,15H,5-6H2,(H,13,14). The molecule has 0 aliphatic heterocycles. The van der Waals surface area contributed by atoms with E-state index in [9.17, 15) is 8.42 Å². The minimum Gasteiger partial charge on any atom is -0.284 e. The number of halogens is 1. The first kappa shape index (κ1) is 12.9. The molecule has 1 aromatic heterocycles. The molecule has 5 nitrogen and oxygen atoms in total. The van der Waals surface area contributed by atoms with Crippen LogP contribution < -0.4 is 4.72 Å². The first-order chi connectivity index (χ1) is 8.62. The van der Waals surface area contributed by atoms with E-state index >= 15 is 0 Å². The maximum absolute atomic E-state index is 11.9. The third kappa shape index (κ3) is 3.02. The van der Waals surface area contributed by atoms with E-state index < -0.39 is 10.0 Å². The van der Waals surface area contributed by atoms with E-state index in [4.69, 9.17) is 11.6 Å². The molecule has 0 saturated heterocycles. The third-order valence-corrected chi connectivity index (χ3v) is 3.91. The number of nitrogens with one attached hydrogen (secondary N) is 2. The highest BCUT2D eigenvalue weighted by Crippen LogP contribution is 2.15. The lowest BCUT2D eigenvalue weighted by molar-refractivity contribution is 0.601. The van der Waals surface area contributed by atoms with Gasteiger partial charge in [0.1, 0.15) is 4.90 Å². The SMILES string of the molecule is O=S(=O)(Nc1ccc(CCCl)cc1)c1cn[nH]c1. The highest BCUT2D eigenvalue weighted by atomic mass is 35.5. The van der Waals surface area contributed by atoms with Crippen LogP contribution in [-0.4, -0.2) is 24.5 Å². The van der Waals surface area contributed by atoms with E-state index in [2.05, 4.69) is 14.9 Å². The Labute approximate surface area is 110 Å². The zero-order valence-electron chi connectivity index (χ0n) is 9.43. The molecule has 0 atom stereocenters. The van der Waals surface area contributed by atoms with Crippen LogP contribution in [0.3, 0.4) is 0 Å². The largest absolute Gasteiger partial charge is 0.284 e. The van der Waals surface area contributed by atoms with Gasteiger partial charge >= 0.3 is 0 Å². The summed E-state index contributed by atoms with van der Waals surface area (Å²) >= 11 is 5.63. The van der Waals surface area contributed by atoms with Gasteiger partial charge in [-0.3, -0.25) is 9.82 Å². The van der Waals surface area contributed by atoms with Crippen LogP contribution in [-0.2, 0) is 16.4 Å². The molecular formula is C11H12ClN3O2S. The number of aromatic amines is 1. The van der Waals surface area contributed by atoms with Gasteiger partial charge in [-0.2, -0.15) is 5.10 Å². The molecule has 0 aliphatic carbocycles. The average molecular weight is 286 g/mol. The van der Waals surface area contributed by atoms with Gasteiger partial charge < -0.3 is 0 Å². The zero-order chi connectivity index (χ0) is 13.0. The van der Waals surface area contributed by atoms with E-state index in [-0.39, 0.29) is 4.90 Å². The van der Waals surface area contributed by atoms with Crippen molar-refractivity contribution >= 4 is 27.3 Å². The summed E-state index contributed by atoms with van der Waals surface area (Å²) in [5.41, 5.74) is 1.57. The summed E-state index contributed by atoms with van der Waals surface area (Å²) in [6, 6.07) is 7.10. The Balaban J connectivity index is 2.14. The number of sulfonamides is 1. The number of anilines is 1. The van der Waals surface area contributed by atoms with Crippen molar-refractivity contribution in [3.05, 3.63) is 42.2 Å². The summed E-state index contributed by atoms with van der Waals surface area (Å²) in [6.45, 7) is 0. The minimum absolute atomic E-state index is 0.104. The normalized spacial score (nSPS) is 11.4. The van der Waals surface area contributed by atoms with Crippen molar-refractivity contribution in [3.8, 4) is 0 Å². The summed E-state index contributed by atoms with van der Waals surface area (Å²) in [4.78, 5) is 0.104. The predicted molar refractivity (Wildman–Crippen MR) is 70.3 cm³/mol. The summed E-state index contributed by atoms with van der Waals surface area (Å²) < 4.78 is 26.2. The second-order valence-corrected chi connectivity index (χ2v) is 5.74. The van der Waals surface area contributed by atoms with Gasteiger partial charge in [0.05, 0.1) is 6.20 Å². The first-order valence-corrected chi connectivity index (χ1v) is 7.30. The molecule has 2 rings (SSSR count). The van der Waals surface area contributed by atoms with Crippen molar-refractivity contribution in [2.75, 3.05) is 10.6 Å². The van der Waals surface area contributed by atoms with Gasteiger partial charge in [-0.05, 0) is 24.1 Å². The van der Waals surface area contributed by atoms with E-state index in [1.54, 1.807) is 12.1 Å². The Hall–Kier alpha value is -1.53. The molecule has 1 aromatic carbocycles. The predicted octanol–water partition coefficient (Wildman–Crippen LogP) is 1.99. The van der Waals surface area contributed by atoms with Crippen LogP contribution in [0.25, 0.3) is 0 Å². The maximum Gasteiger partial charge on any atom is 0.265 e. The number of aryl methyl sites for hydroxylation is 1. The molecule has 18 heavy (non-hydrogen) atoms. The minimum atomic E-state index is -3.56. The van der Waals surface area contributed by atoms with Crippen molar-refractivity contribution in [2.45, 2.75) is 11.3 Å². The van der Waals surface area contributed by atoms with Gasteiger partial charge in [0, 0.05) is 17.8 Å². The lowest BCUT2D eigenvalue weighted by Gasteiger charge is -2.06. The van der Waals surface area contributed by atoms with Crippen LogP contribution in [0, 0.1) is 0 Å². The second-order valence-electron chi connectivity index (χ2n) is 3.68. The molecule has 96 valence electrons. The monoisotopic (exact) mass is 285 g/mol. The van der Waals surface area contributed by atoms with Gasteiger partial charge in [-0.15, -0.1) is 11.6 Å². The Bertz CT molecular complexity index is 594. The van der Waals surface area contributed by atoms with Crippen molar-refractivity contribution < 1.29 is 8.42 Å². The van der Waals surface area contributed by atoms with Crippen molar-refractivity contribution in [2.24, 2.45) is 0 Å². The number of hydrogen-bond donors (Lipinski definition) is 2. The molecule has 1 heterocycles. The van der Waals surface area contributed by atoms with Gasteiger partial charge in [-0.1, -0.05) is 12.1 Å². The fraction of sp³-hybridized carbons (Fsp3) is 0.182. The van der Waals surface area contributed by atoms with Gasteiger partial charge in [0.25, 0.3) is 10.0 Å². The lowest BCUT2D eigenvalue weighted by Crippen LogP contribution is -2.12. The van der Waals surface area contributed by atoms with Crippen molar-refractivity contribution in [1.29, 1.82) is 0 Å². The van der Waals surface area contributed by atoms with Crippen LogP contribution in [0.15, 0.2) is 41.6 Å². The summed E-state index contributed by atoms with van der Waals surface area (Å²) in [7, 11) is -3.56. The molecule has 2 N–H and O–H groups in total. The number of alkyl halides is 1. The molecule has 0 saturated carbocycles. The Morgan fingerprint density at radius 2 is 2.00 bits per heavy atom. The Kier molecular flexibility index (Phi) is 3.88. The summed E-state index contributed by atoms with van der Waals surface area (Å²) in [5, 5.41) is 6.07. The van der Waals surface area contributed by atoms with Gasteiger partial charge in [0.15, 0.2) is 0 Å². The van der Waals surface area contributed by atoms with Gasteiger partial charge in [-0.25, -0.2) is 8.42 Å². The topological polar surface area (TPSA) is 74.8 Å². The van der Waals surface area contributed by atoms with E-state index in [1.807, 2.05) is 12.1 Å². The van der Waals surface area contributed by atoms with E-state index in [0.29, 0.717) is 11.6 Å². The van der Waals surface area contributed by atoms with Crippen LogP contribution >= 0.6 is 11.6 Å². The molecule has 0 bridgehead atoms. The van der Waals surface area contributed by atoms with E-state index in [1.165, 1.54) is 12.4 Å². The third-order valence-electron chi connectivity index (χ3n) is 2.37. The van der Waals surface area contributed by atoms with Gasteiger partial charge in [0.2, 0.25) is 0 Å². The Morgan fingerprint density at radius 1 is 1.28 bits per heavy atom. The molecule has 0 fully saturated rings. The highest BCUT2D eigenvalue weighted by molar-refractivity contribution is 7.92. The molecule has 7 heteroatoms. The van der Waals surface area contributed by atoms with Crippen LogP contribution in [0.1, 0.15) is 5.56 Å². The molecule has 0 radical (unpaired) electrons. The summed E-state index contributed by atoms with van der Waals surface area (Å²) in [6.07, 6.45) is 3.34. The molecule has 0 amide bonds.